The van der Waals surface area contributed by atoms with Crippen molar-refractivity contribution >= 4 is 0 Å². The van der Waals surface area contributed by atoms with E-state index in [1.807, 2.05) is 20.8 Å². The Labute approximate surface area is 89.1 Å². The van der Waals surface area contributed by atoms with Gasteiger partial charge in [-0.1, -0.05) is 26.8 Å². The maximum absolute atomic E-state index is 13.2. The van der Waals surface area contributed by atoms with E-state index in [1.54, 1.807) is 0 Å². The summed E-state index contributed by atoms with van der Waals surface area (Å²) in [7, 11) is 0. The van der Waals surface area contributed by atoms with Crippen LogP contribution in [-0.4, -0.2) is 6.61 Å². The Morgan fingerprint density at radius 3 is 2.40 bits per heavy atom. The molecule has 0 spiro atoms. The van der Waals surface area contributed by atoms with Crippen molar-refractivity contribution in [1.29, 1.82) is 0 Å². The van der Waals surface area contributed by atoms with Crippen LogP contribution in [0.1, 0.15) is 26.3 Å². The second kappa shape index (κ2) is 4.71. The van der Waals surface area contributed by atoms with Gasteiger partial charge in [0.2, 0.25) is 0 Å². The molecule has 0 heterocycles. The normalized spacial score (nSPS) is 11.8. The summed E-state index contributed by atoms with van der Waals surface area (Å²) in [4.78, 5) is 0. The van der Waals surface area contributed by atoms with E-state index in [4.69, 9.17) is 4.74 Å². The lowest BCUT2D eigenvalue weighted by molar-refractivity contribution is 0.0583. The van der Waals surface area contributed by atoms with Gasteiger partial charge in [-0.05, 0) is 11.5 Å². The molecule has 1 aromatic carbocycles. The predicted molar refractivity (Wildman–Crippen MR) is 55.5 cm³/mol. The number of ether oxygens (including phenoxy) is 1. The Balaban J connectivity index is 2.51. The topological polar surface area (TPSA) is 9.23 Å². The molecule has 15 heavy (non-hydrogen) atoms. The molecule has 0 radical (unpaired) electrons. The van der Waals surface area contributed by atoms with Crippen molar-refractivity contribution < 1.29 is 13.5 Å². The summed E-state index contributed by atoms with van der Waals surface area (Å²) >= 11 is 0. The SMILES string of the molecule is CC(C)(C)COCc1ccc(F)cc1F. The second-order valence-electron chi connectivity index (χ2n) is 4.79. The summed E-state index contributed by atoms with van der Waals surface area (Å²) in [6.45, 7) is 6.84. The van der Waals surface area contributed by atoms with Gasteiger partial charge in [-0.25, -0.2) is 8.78 Å². The van der Waals surface area contributed by atoms with Crippen molar-refractivity contribution in [2.45, 2.75) is 27.4 Å². The van der Waals surface area contributed by atoms with Crippen LogP contribution >= 0.6 is 0 Å². The third-order valence-electron chi connectivity index (χ3n) is 1.81. The van der Waals surface area contributed by atoms with Gasteiger partial charge in [-0.2, -0.15) is 0 Å². The van der Waals surface area contributed by atoms with Crippen LogP contribution in [0.25, 0.3) is 0 Å². The van der Waals surface area contributed by atoms with Crippen LogP contribution in [0.4, 0.5) is 8.78 Å². The van der Waals surface area contributed by atoms with E-state index in [0.717, 1.165) is 6.07 Å². The molecule has 0 aromatic heterocycles. The van der Waals surface area contributed by atoms with Crippen molar-refractivity contribution in [3.05, 3.63) is 35.4 Å². The quantitative estimate of drug-likeness (QED) is 0.748. The van der Waals surface area contributed by atoms with Crippen molar-refractivity contribution in [2.24, 2.45) is 5.41 Å². The summed E-state index contributed by atoms with van der Waals surface area (Å²) in [5, 5.41) is 0. The molecule has 0 saturated heterocycles. The molecule has 0 bridgehead atoms. The summed E-state index contributed by atoms with van der Waals surface area (Å²) in [6, 6.07) is 3.52. The van der Waals surface area contributed by atoms with Gasteiger partial charge in [0.05, 0.1) is 13.2 Å². The van der Waals surface area contributed by atoms with Gasteiger partial charge in [0.15, 0.2) is 0 Å². The molecular formula is C12H16F2O. The van der Waals surface area contributed by atoms with Gasteiger partial charge >= 0.3 is 0 Å². The largest absolute Gasteiger partial charge is 0.376 e. The first-order valence-electron chi connectivity index (χ1n) is 4.90. The number of hydrogen-bond acceptors (Lipinski definition) is 1. The zero-order chi connectivity index (χ0) is 11.5. The van der Waals surface area contributed by atoms with Crippen LogP contribution in [0.2, 0.25) is 0 Å². The highest BCUT2D eigenvalue weighted by atomic mass is 19.1. The van der Waals surface area contributed by atoms with Crippen LogP contribution in [-0.2, 0) is 11.3 Å². The van der Waals surface area contributed by atoms with E-state index in [-0.39, 0.29) is 12.0 Å². The fraction of sp³-hybridized carbons (Fsp3) is 0.500. The first kappa shape index (κ1) is 12.1. The summed E-state index contributed by atoms with van der Waals surface area (Å²) in [5.74, 6) is -1.11. The molecule has 0 amide bonds. The maximum Gasteiger partial charge on any atom is 0.131 e. The standard InChI is InChI=1S/C12H16F2O/c1-12(2,3)8-15-7-9-4-5-10(13)6-11(9)14/h4-6H,7-8H2,1-3H3. The van der Waals surface area contributed by atoms with Crippen LogP contribution in [0.5, 0.6) is 0 Å². The molecule has 0 aliphatic heterocycles. The third-order valence-corrected chi connectivity index (χ3v) is 1.81. The molecule has 84 valence electrons. The summed E-state index contributed by atoms with van der Waals surface area (Å²) < 4.78 is 31.1. The van der Waals surface area contributed by atoms with Crippen LogP contribution in [0, 0.1) is 17.0 Å². The molecule has 0 aliphatic carbocycles. The van der Waals surface area contributed by atoms with Crippen molar-refractivity contribution in [3.8, 4) is 0 Å². The minimum Gasteiger partial charge on any atom is -0.376 e. The number of hydrogen-bond donors (Lipinski definition) is 0. The lowest BCUT2D eigenvalue weighted by Crippen LogP contribution is -2.14. The molecule has 0 unspecified atom stereocenters. The third kappa shape index (κ3) is 4.38. The lowest BCUT2D eigenvalue weighted by Gasteiger charge is -2.18. The van der Waals surface area contributed by atoms with Crippen molar-refractivity contribution in [1.82, 2.24) is 0 Å². The van der Waals surface area contributed by atoms with Crippen LogP contribution < -0.4 is 0 Å². The molecule has 0 aliphatic rings. The molecule has 0 saturated carbocycles. The van der Waals surface area contributed by atoms with Crippen LogP contribution in [0.3, 0.4) is 0 Å². The first-order chi connectivity index (χ1) is 6.88. The monoisotopic (exact) mass is 214 g/mol. The van der Waals surface area contributed by atoms with Gasteiger partial charge in [0.1, 0.15) is 11.6 Å². The average Bonchev–Trinajstić information content (AvgIpc) is 2.07. The van der Waals surface area contributed by atoms with E-state index in [0.29, 0.717) is 12.2 Å². The highest BCUT2D eigenvalue weighted by Gasteiger charge is 2.11. The molecule has 0 fully saturated rings. The van der Waals surface area contributed by atoms with E-state index in [1.165, 1.54) is 12.1 Å². The molecule has 1 rings (SSSR count). The van der Waals surface area contributed by atoms with E-state index < -0.39 is 11.6 Å². The Hall–Kier alpha value is -0.960. The zero-order valence-electron chi connectivity index (χ0n) is 9.31. The fourth-order valence-electron chi connectivity index (χ4n) is 1.11. The van der Waals surface area contributed by atoms with E-state index >= 15 is 0 Å². The van der Waals surface area contributed by atoms with E-state index in [9.17, 15) is 8.78 Å². The predicted octanol–water partition coefficient (Wildman–Crippen LogP) is 3.53. The first-order valence-corrected chi connectivity index (χ1v) is 4.90. The average molecular weight is 214 g/mol. The van der Waals surface area contributed by atoms with E-state index in [2.05, 4.69) is 0 Å². The molecule has 0 atom stereocenters. The van der Waals surface area contributed by atoms with Gasteiger partial charge in [-0.3, -0.25) is 0 Å². The van der Waals surface area contributed by atoms with Crippen molar-refractivity contribution in [3.63, 3.8) is 0 Å². The number of benzene rings is 1. The molecule has 1 nitrogen and oxygen atoms in total. The maximum atomic E-state index is 13.2. The van der Waals surface area contributed by atoms with Gasteiger partial charge in [-0.15, -0.1) is 0 Å². The number of halogens is 2. The fourth-order valence-corrected chi connectivity index (χ4v) is 1.11. The highest BCUT2D eigenvalue weighted by Crippen LogP contribution is 2.16. The molecule has 1 aromatic rings. The Bertz CT molecular complexity index is 329. The van der Waals surface area contributed by atoms with Gasteiger partial charge in [0.25, 0.3) is 0 Å². The van der Waals surface area contributed by atoms with Gasteiger partial charge < -0.3 is 4.74 Å². The molecular weight excluding hydrogens is 198 g/mol. The smallest absolute Gasteiger partial charge is 0.131 e. The molecule has 0 N–H and O–H groups in total. The lowest BCUT2D eigenvalue weighted by atomic mass is 9.99. The zero-order valence-corrected chi connectivity index (χ0v) is 9.31. The second-order valence-corrected chi connectivity index (χ2v) is 4.79. The summed E-state index contributed by atoms with van der Waals surface area (Å²) in [5.41, 5.74) is 0.442. The van der Waals surface area contributed by atoms with Crippen LogP contribution in [0.15, 0.2) is 18.2 Å². The minimum absolute atomic E-state index is 0.0521. The van der Waals surface area contributed by atoms with Gasteiger partial charge in [0, 0.05) is 11.6 Å². The summed E-state index contributed by atoms with van der Waals surface area (Å²) in [6.07, 6.45) is 0. The number of rotatable bonds is 3. The Morgan fingerprint density at radius 1 is 1.20 bits per heavy atom. The highest BCUT2D eigenvalue weighted by molar-refractivity contribution is 5.17. The van der Waals surface area contributed by atoms with Crippen molar-refractivity contribution in [2.75, 3.05) is 6.61 Å². The minimum atomic E-state index is -0.563. The molecule has 3 heteroatoms. The Kier molecular flexibility index (Phi) is 3.80. The Morgan fingerprint density at radius 2 is 1.87 bits per heavy atom.